The Hall–Kier alpha value is -3.58. The van der Waals surface area contributed by atoms with Gasteiger partial charge in [-0.05, 0) is 41.0 Å². The van der Waals surface area contributed by atoms with Crippen molar-refractivity contribution in [1.82, 2.24) is 9.78 Å². The minimum atomic E-state index is -3.33. The van der Waals surface area contributed by atoms with Crippen molar-refractivity contribution in [3.8, 4) is 22.3 Å². The van der Waals surface area contributed by atoms with Crippen molar-refractivity contribution in [1.29, 1.82) is 0 Å². The highest BCUT2D eigenvalue weighted by atomic mass is 32.2. The molecule has 0 spiro atoms. The first-order valence-electron chi connectivity index (χ1n) is 9.53. The van der Waals surface area contributed by atoms with E-state index in [1.807, 2.05) is 30.3 Å². The number of benzene rings is 3. The van der Waals surface area contributed by atoms with Gasteiger partial charge in [0.1, 0.15) is 5.82 Å². The van der Waals surface area contributed by atoms with Gasteiger partial charge in [0.2, 0.25) is 0 Å². The minimum absolute atomic E-state index is 0.129. The van der Waals surface area contributed by atoms with Crippen molar-refractivity contribution in [2.24, 2.45) is 0 Å². The molecule has 0 aliphatic heterocycles. The van der Waals surface area contributed by atoms with Gasteiger partial charge in [-0.25, -0.2) is 17.5 Å². The standard InChI is InChI=1S/C24H19FN2O3S/c1-31(29,30)21-12-10-18(11-13-21)22-15-26-27(16-17-6-5-9-20(25)14-17)24(28)23(22)19-7-3-2-4-8-19/h2-15H,16H2,1H3. The van der Waals surface area contributed by atoms with Gasteiger partial charge in [0.05, 0.1) is 23.2 Å². The molecule has 0 atom stereocenters. The summed E-state index contributed by atoms with van der Waals surface area (Å²) in [4.78, 5) is 13.6. The number of nitrogens with zero attached hydrogens (tertiary/aromatic N) is 2. The van der Waals surface area contributed by atoms with Crippen LogP contribution >= 0.6 is 0 Å². The average Bonchev–Trinajstić information content (AvgIpc) is 2.75. The molecular weight excluding hydrogens is 415 g/mol. The monoisotopic (exact) mass is 434 g/mol. The van der Waals surface area contributed by atoms with Gasteiger partial charge in [-0.1, -0.05) is 54.6 Å². The molecule has 3 aromatic carbocycles. The molecule has 0 saturated carbocycles. The predicted octanol–water partition coefficient (Wildman–Crippen LogP) is 4.17. The molecule has 156 valence electrons. The summed E-state index contributed by atoms with van der Waals surface area (Å²) < 4.78 is 38.4. The minimum Gasteiger partial charge on any atom is -0.267 e. The summed E-state index contributed by atoms with van der Waals surface area (Å²) in [5.74, 6) is -0.378. The van der Waals surface area contributed by atoms with Gasteiger partial charge in [-0.2, -0.15) is 5.10 Å². The number of hydrogen-bond donors (Lipinski definition) is 0. The maximum atomic E-state index is 13.6. The van der Waals surface area contributed by atoms with Crippen LogP contribution < -0.4 is 5.56 Å². The Labute approximate surface area is 179 Å². The average molecular weight is 434 g/mol. The lowest BCUT2D eigenvalue weighted by atomic mass is 9.97. The van der Waals surface area contributed by atoms with Crippen molar-refractivity contribution in [2.75, 3.05) is 6.26 Å². The predicted molar refractivity (Wildman–Crippen MR) is 118 cm³/mol. The third-order valence-corrected chi connectivity index (χ3v) is 6.05. The molecule has 1 heterocycles. The maximum Gasteiger partial charge on any atom is 0.275 e. The Morgan fingerprint density at radius 3 is 2.26 bits per heavy atom. The van der Waals surface area contributed by atoms with Gasteiger partial charge in [0.15, 0.2) is 9.84 Å². The SMILES string of the molecule is CS(=O)(=O)c1ccc(-c2cnn(Cc3cccc(F)c3)c(=O)c2-c2ccccc2)cc1. The van der Waals surface area contributed by atoms with E-state index >= 15 is 0 Å². The summed E-state index contributed by atoms with van der Waals surface area (Å²) in [7, 11) is -3.33. The highest BCUT2D eigenvalue weighted by Crippen LogP contribution is 2.29. The van der Waals surface area contributed by atoms with E-state index < -0.39 is 9.84 Å². The van der Waals surface area contributed by atoms with Gasteiger partial charge < -0.3 is 0 Å². The molecule has 0 aliphatic carbocycles. The zero-order chi connectivity index (χ0) is 22.0. The van der Waals surface area contributed by atoms with Gasteiger partial charge in [-0.15, -0.1) is 0 Å². The first-order chi connectivity index (χ1) is 14.8. The first kappa shape index (κ1) is 20.7. The lowest BCUT2D eigenvalue weighted by Gasteiger charge is -2.13. The number of aromatic nitrogens is 2. The molecule has 7 heteroatoms. The van der Waals surface area contributed by atoms with Crippen LogP contribution in [0.2, 0.25) is 0 Å². The fourth-order valence-electron chi connectivity index (χ4n) is 3.39. The maximum absolute atomic E-state index is 13.6. The second-order valence-electron chi connectivity index (χ2n) is 7.19. The summed E-state index contributed by atoms with van der Waals surface area (Å²) in [6, 6.07) is 21.6. The quantitative estimate of drug-likeness (QED) is 0.473. The van der Waals surface area contributed by atoms with Gasteiger partial charge in [0, 0.05) is 11.8 Å². The zero-order valence-electron chi connectivity index (χ0n) is 16.7. The van der Waals surface area contributed by atoms with Crippen molar-refractivity contribution < 1.29 is 12.8 Å². The van der Waals surface area contributed by atoms with Crippen LogP contribution in [0.4, 0.5) is 4.39 Å². The molecule has 4 rings (SSSR count). The Morgan fingerprint density at radius 2 is 1.61 bits per heavy atom. The van der Waals surface area contributed by atoms with Crippen molar-refractivity contribution in [3.05, 3.63) is 107 Å². The van der Waals surface area contributed by atoms with E-state index in [4.69, 9.17) is 0 Å². The van der Waals surface area contributed by atoms with Crippen LogP contribution in [-0.2, 0) is 16.4 Å². The van der Waals surface area contributed by atoms with Crippen LogP contribution in [0, 0.1) is 5.82 Å². The second kappa shape index (κ2) is 8.28. The van der Waals surface area contributed by atoms with E-state index in [1.54, 1.807) is 30.5 Å². The highest BCUT2D eigenvalue weighted by molar-refractivity contribution is 7.90. The third kappa shape index (κ3) is 4.46. The van der Waals surface area contributed by atoms with Crippen LogP contribution in [0.3, 0.4) is 0 Å². The smallest absolute Gasteiger partial charge is 0.267 e. The Morgan fingerprint density at radius 1 is 0.903 bits per heavy atom. The topological polar surface area (TPSA) is 69.0 Å². The molecule has 4 aromatic rings. The summed E-state index contributed by atoms with van der Waals surface area (Å²) >= 11 is 0. The molecule has 0 fully saturated rings. The number of halogens is 1. The number of rotatable bonds is 5. The lowest BCUT2D eigenvalue weighted by molar-refractivity contribution is 0.602. The van der Waals surface area contributed by atoms with Crippen LogP contribution in [0.1, 0.15) is 5.56 Å². The Kier molecular flexibility index (Phi) is 5.52. The summed E-state index contributed by atoms with van der Waals surface area (Å²) in [6.45, 7) is 0.129. The van der Waals surface area contributed by atoms with Crippen molar-refractivity contribution in [3.63, 3.8) is 0 Å². The largest absolute Gasteiger partial charge is 0.275 e. The van der Waals surface area contributed by atoms with Crippen molar-refractivity contribution >= 4 is 9.84 Å². The second-order valence-corrected chi connectivity index (χ2v) is 9.20. The molecule has 0 bridgehead atoms. The summed E-state index contributed by atoms with van der Waals surface area (Å²) in [6.07, 6.45) is 2.73. The number of sulfone groups is 1. The zero-order valence-corrected chi connectivity index (χ0v) is 17.5. The number of hydrogen-bond acceptors (Lipinski definition) is 4. The summed E-state index contributed by atoms with van der Waals surface area (Å²) in [5.41, 5.74) is 2.73. The highest BCUT2D eigenvalue weighted by Gasteiger charge is 2.16. The molecule has 5 nitrogen and oxygen atoms in total. The van der Waals surface area contributed by atoms with Crippen LogP contribution in [-0.4, -0.2) is 24.5 Å². The van der Waals surface area contributed by atoms with E-state index in [1.165, 1.54) is 28.9 Å². The third-order valence-electron chi connectivity index (χ3n) is 4.92. The summed E-state index contributed by atoms with van der Waals surface area (Å²) in [5, 5.41) is 4.30. The molecular formula is C24H19FN2O3S. The molecule has 0 saturated heterocycles. The van der Waals surface area contributed by atoms with Gasteiger partial charge >= 0.3 is 0 Å². The van der Waals surface area contributed by atoms with Crippen LogP contribution in [0.5, 0.6) is 0 Å². The Balaban J connectivity index is 1.86. The molecule has 0 N–H and O–H groups in total. The van der Waals surface area contributed by atoms with E-state index in [0.29, 0.717) is 27.8 Å². The lowest BCUT2D eigenvalue weighted by Crippen LogP contribution is -2.25. The van der Waals surface area contributed by atoms with Crippen LogP contribution in [0.15, 0.2) is 94.7 Å². The van der Waals surface area contributed by atoms with E-state index in [2.05, 4.69) is 5.10 Å². The fourth-order valence-corrected chi connectivity index (χ4v) is 4.02. The molecule has 1 aromatic heterocycles. The van der Waals surface area contributed by atoms with Gasteiger partial charge in [-0.3, -0.25) is 4.79 Å². The van der Waals surface area contributed by atoms with Gasteiger partial charge in [0.25, 0.3) is 5.56 Å². The van der Waals surface area contributed by atoms with E-state index in [9.17, 15) is 17.6 Å². The fraction of sp³-hybridized carbons (Fsp3) is 0.0833. The first-order valence-corrected chi connectivity index (χ1v) is 11.4. The molecule has 31 heavy (non-hydrogen) atoms. The normalized spacial score (nSPS) is 11.4. The molecule has 0 unspecified atom stereocenters. The van der Waals surface area contributed by atoms with Crippen LogP contribution in [0.25, 0.3) is 22.3 Å². The molecule has 0 amide bonds. The van der Waals surface area contributed by atoms with E-state index in [-0.39, 0.29) is 22.8 Å². The molecule has 0 radical (unpaired) electrons. The van der Waals surface area contributed by atoms with Crippen molar-refractivity contribution in [2.45, 2.75) is 11.4 Å². The van der Waals surface area contributed by atoms with E-state index in [0.717, 1.165) is 6.26 Å². The Bertz CT molecular complexity index is 1400. The molecule has 0 aliphatic rings.